The molecular formula is C23H27FN4O. The van der Waals surface area contributed by atoms with Crippen molar-refractivity contribution in [3.63, 3.8) is 0 Å². The summed E-state index contributed by atoms with van der Waals surface area (Å²) in [6, 6.07) is 11.5. The summed E-state index contributed by atoms with van der Waals surface area (Å²) in [5, 5.41) is 8.62. The first-order valence-corrected chi connectivity index (χ1v) is 10.6. The monoisotopic (exact) mass is 394 g/mol. The van der Waals surface area contributed by atoms with E-state index in [1.807, 2.05) is 19.1 Å². The number of amides is 1. The van der Waals surface area contributed by atoms with Gasteiger partial charge in [0.1, 0.15) is 11.9 Å². The van der Waals surface area contributed by atoms with Gasteiger partial charge in [-0.1, -0.05) is 24.6 Å². The van der Waals surface area contributed by atoms with E-state index < -0.39 is 6.04 Å². The van der Waals surface area contributed by atoms with Gasteiger partial charge in [0.15, 0.2) is 0 Å². The van der Waals surface area contributed by atoms with Crippen molar-refractivity contribution in [2.75, 3.05) is 23.7 Å². The predicted molar refractivity (Wildman–Crippen MR) is 112 cm³/mol. The Kier molecular flexibility index (Phi) is 4.76. The van der Waals surface area contributed by atoms with Gasteiger partial charge in [-0.3, -0.25) is 10.2 Å². The Morgan fingerprint density at radius 2 is 2.14 bits per heavy atom. The Bertz CT molecular complexity index is 915. The van der Waals surface area contributed by atoms with Crippen LogP contribution in [-0.4, -0.2) is 36.1 Å². The van der Waals surface area contributed by atoms with Crippen molar-refractivity contribution in [3.8, 4) is 0 Å². The lowest BCUT2D eigenvalue weighted by Crippen LogP contribution is -2.41. The van der Waals surface area contributed by atoms with Crippen molar-refractivity contribution < 1.29 is 9.18 Å². The largest absolute Gasteiger partial charge is 0.373 e. The molecule has 0 radical (unpaired) electrons. The van der Waals surface area contributed by atoms with Crippen LogP contribution in [0.5, 0.6) is 0 Å². The Hall–Kier alpha value is -2.44. The average Bonchev–Trinajstić information content (AvgIpc) is 3.37. The zero-order valence-electron chi connectivity index (χ0n) is 16.7. The molecule has 2 saturated heterocycles. The fraction of sp³-hybridized carbons (Fsp3) is 0.435. The molecule has 0 aromatic heterocycles. The summed E-state index contributed by atoms with van der Waals surface area (Å²) < 4.78 is 14.1. The number of hydrazine groups is 1. The highest BCUT2D eigenvalue weighted by molar-refractivity contribution is 5.98. The van der Waals surface area contributed by atoms with E-state index in [1.165, 1.54) is 30.9 Å². The molecule has 3 N–H and O–H groups in total. The SMILES string of the molecule is Cc1ccc(F)c2c1NC(C(=O)Nc1cccc(C3CNN4CCCCC34)c1)C2. The van der Waals surface area contributed by atoms with Crippen molar-refractivity contribution in [3.05, 3.63) is 58.9 Å². The zero-order chi connectivity index (χ0) is 20.0. The van der Waals surface area contributed by atoms with Crippen LogP contribution in [0, 0.1) is 12.7 Å². The molecule has 6 heteroatoms. The molecule has 3 unspecified atom stereocenters. The van der Waals surface area contributed by atoms with Crippen LogP contribution in [0.1, 0.15) is 41.9 Å². The minimum Gasteiger partial charge on any atom is -0.373 e. The number of hydrogen-bond donors (Lipinski definition) is 3. The minimum atomic E-state index is -0.453. The molecule has 3 aliphatic heterocycles. The number of nitrogens with one attached hydrogen (secondary N) is 3. The van der Waals surface area contributed by atoms with Gasteiger partial charge in [-0.25, -0.2) is 9.40 Å². The number of benzene rings is 2. The van der Waals surface area contributed by atoms with Gasteiger partial charge in [-0.05, 0) is 49.1 Å². The molecular weight excluding hydrogens is 367 g/mol. The molecule has 0 bridgehead atoms. The molecule has 2 fully saturated rings. The van der Waals surface area contributed by atoms with Crippen LogP contribution >= 0.6 is 0 Å². The van der Waals surface area contributed by atoms with Crippen LogP contribution in [0.25, 0.3) is 0 Å². The molecule has 3 heterocycles. The lowest BCUT2D eigenvalue weighted by molar-refractivity contribution is -0.116. The summed E-state index contributed by atoms with van der Waals surface area (Å²) in [5.74, 6) is 0.0694. The molecule has 29 heavy (non-hydrogen) atoms. The quantitative estimate of drug-likeness (QED) is 0.745. The summed E-state index contributed by atoms with van der Waals surface area (Å²) in [4.78, 5) is 12.8. The maximum absolute atomic E-state index is 14.1. The maximum Gasteiger partial charge on any atom is 0.247 e. The van der Waals surface area contributed by atoms with Gasteiger partial charge < -0.3 is 10.6 Å². The number of carbonyl (C=O) groups excluding carboxylic acids is 1. The second-order valence-corrected chi connectivity index (χ2v) is 8.46. The topological polar surface area (TPSA) is 56.4 Å². The van der Waals surface area contributed by atoms with Gasteiger partial charge in [0, 0.05) is 48.4 Å². The van der Waals surface area contributed by atoms with E-state index in [0.29, 0.717) is 23.9 Å². The van der Waals surface area contributed by atoms with E-state index >= 15 is 0 Å². The summed E-state index contributed by atoms with van der Waals surface area (Å²) >= 11 is 0. The predicted octanol–water partition coefficient (Wildman–Crippen LogP) is 3.57. The van der Waals surface area contributed by atoms with Crippen LogP contribution in [-0.2, 0) is 11.2 Å². The third kappa shape index (κ3) is 3.40. The number of fused-ring (bicyclic) bond motifs is 2. The van der Waals surface area contributed by atoms with Gasteiger partial charge in [0.05, 0.1) is 0 Å². The van der Waals surface area contributed by atoms with Crippen LogP contribution in [0.2, 0.25) is 0 Å². The zero-order valence-corrected chi connectivity index (χ0v) is 16.7. The summed E-state index contributed by atoms with van der Waals surface area (Å²) in [6.07, 6.45) is 4.12. The molecule has 0 saturated carbocycles. The normalized spacial score (nSPS) is 25.9. The van der Waals surface area contributed by atoms with Crippen molar-refractivity contribution in [2.45, 2.75) is 50.6 Å². The van der Waals surface area contributed by atoms with E-state index in [9.17, 15) is 9.18 Å². The average molecular weight is 394 g/mol. The van der Waals surface area contributed by atoms with Gasteiger partial charge in [-0.15, -0.1) is 0 Å². The van der Waals surface area contributed by atoms with E-state index in [2.05, 4.69) is 33.2 Å². The fourth-order valence-corrected chi connectivity index (χ4v) is 5.07. The molecule has 3 atom stereocenters. The van der Waals surface area contributed by atoms with E-state index in [1.54, 1.807) is 6.07 Å². The minimum absolute atomic E-state index is 0.124. The van der Waals surface area contributed by atoms with Crippen molar-refractivity contribution in [1.29, 1.82) is 0 Å². The summed E-state index contributed by atoms with van der Waals surface area (Å²) in [7, 11) is 0. The lowest BCUT2D eigenvalue weighted by atomic mass is 9.87. The number of nitrogens with zero attached hydrogens (tertiary/aromatic N) is 1. The second-order valence-electron chi connectivity index (χ2n) is 8.46. The standard InChI is InChI=1S/C23H27FN4O/c1-14-8-9-19(24)17-12-20(27-22(14)17)23(29)26-16-6-4-5-15(11-16)18-13-25-28-10-3-2-7-21(18)28/h4-6,8-9,11,18,20-21,25,27H,2-3,7,10,12-13H2,1H3,(H,26,29). The van der Waals surface area contributed by atoms with Crippen LogP contribution < -0.4 is 16.1 Å². The highest BCUT2D eigenvalue weighted by Gasteiger charge is 2.36. The van der Waals surface area contributed by atoms with E-state index in [-0.39, 0.29) is 11.7 Å². The van der Waals surface area contributed by atoms with Gasteiger partial charge >= 0.3 is 0 Å². The molecule has 152 valence electrons. The molecule has 2 aromatic rings. The Morgan fingerprint density at radius 3 is 3.00 bits per heavy atom. The van der Waals surface area contributed by atoms with Gasteiger partial charge in [0.2, 0.25) is 5.91 Å². The van der Waals surface area contributed by atoms with Gasteiger partial charge in [-0.2, -0.15) is 0 Å². The molecule has 3 aliphatic rings. The number of aryl methyl sites for hydroxylation is 1. The van der Waals surface area contributed by atoms with E-state index in [0.717, 1.165) is 30.0 Å². The summed E-state index contributed by atoms with van der Waals surface area (Å²) in [5.41, 5.74) is 7.92. The third-order valence-corrected chi connectivity index (χ3v) is 6.62. The van der Waals surface area contributed by atoms with Crippen LogP contribution in [0.3, 0.4) is 0 Å². The van der Waals surface area contributed by atoms with Crippen molar-refractivity contribution in [1.82, 2.24) is 10.4 Å². The van der Waals surface area contributed by atoms with Gasteiger partial charge in [0.25, 0.3) is 0 Å². The van der Waals surface area contributed by atoms with Crippen molar-refractivity contribution in [2.24, 2.45) is 0 Å². The third-order valence-electron chi connectivity index (χ3n) is 6.62. The molecule has 5 rings (SSSR count). The molecule has 0 spiro atoms. The van der Waals surface area contributed by atoms with Crippen LogP contribution in [0.15, 0.2) is 36.4 Å². The first kappa shape index (κ1) is 18.6. The molecule has 1 amide bonds. The number of hydrogen-bond acceptors (Lipinski definition) is 4. The second kappa shape index (κ2) is 7.43. The molecule has 0 aliphatic carbocycles. The lowest BCUT2D eigenvalue weighted by Gasteiger charge is -2.31. The maximum atomic E-state index is 14.1. The Labute approximate surface area is 170 Å². The number of halogens is 1. The Balaban J connectivity index is 1.29. The number of rotatable bonds is 3. The highest BCUT2D eigenvalue weighted by Crippen LogP contribution is 2.35. The number of piperidine rings is 1. The molecule has 5 nitrogen and oxygen atoms in total. The van der Waals surface area contributed by atoms with Crippen LogP contribution in [0.4, 0.5) is 15.8 Å². The summed E-state index contributed by atoms with van der Waals surface area (Å²) in [6.45, 7) is 3.99. The molecule has 2 aromatic carbocycles. The Morgan fingerprint density at radius 1 is 1.24 bits per heavy atom. The number of anilines is 2. The highest BCUT2D eigenvalue weighted by atomic mass is 19.1. The first-order chi connectivity index (χ1) is 14.1. The smallest absolute Gasteiger partial charge is 0.247 e. The fourth-order valence-electron chi connectivity index (χ4n) is 5.07. The number of carbonyl (C=O) groups is 1. The van der Waals surface area contributed by atoms with E-state index in [4.69, 9.17) is 0 Å². The first-order valence-electron chi connectivity index (χ1n) is 10.6. The van der Waals surface area contributed by atoms with Crippen molar-refractivity contribution >= 4 is 17.3 Å².